The number of halogens is 3. The summed E-state index contributed by atoms with van der Waals surface area (Å²) in [5, 5.41) is 3.66. The number of amides is 1. The second kappa shape index (κ2) is 8.31. The Morgan fingerprint density at radius 3 is 2.50 bits per heavy atom. The fourth-order valence-electron chi connectivity index (χ4n) is 1.94. The molecule has 2 rings (SSSR count). The molecule has 1 heterocycles. The quantitative estimate of drug-likeness (QED) is 0.688. The summed E-state index contributed by atoms with van der Waals surface area (Å²) < 4.78 is 1.09. The molecule has 1 amide bonds. The van der Waals surface area contributed by atoms with E-state index < -0.39 is 0 Å². The van der Waals surface area contributed by atoms with Crippen LogP contribution in [-0.2, 0) is 11.3 Å². The van der Waals surface area contributed by atoms with Gasteiger partial charge in [0.15, 0.2) is 0 Å². The van der Waals surface area contributed by atoms with Crippen LogP contribution in [0.2, 0.25) is 10.0 Å². The monoisotopic (exact) mass is 420 g/mol. The summed E-state index contributed by atoms with van der Waals surface area (Å²) in [6.07, 6.45) is 0. The predicted octanol–water partition coefficient (Wildman–Crippen LogP) is 5.28. The van der Waals surface area contributed by atoms with E-state index in [0.717, 1.165) is 16.9 Å². The third-order valence-electron chi connectivity index (χ3n) is 3.05. The zero-order chi connectivity index (χ0) is 16.1. The zero-order valence-electron chi connectivity index (χ0n) is 11.9. The van der Waals surface area contributed by atoms with Crippen molar-refractivity contribution in [1.82, 2.24) is 4.90 Å². The highest BCUT2D eigenvalue weighted by Gasteiger charge is 2.14. The minimum Gasteiger partial charge on any atom is -0.322 e. The van der Waals surface area contributed by atoms with Crippen molar-refractivity contribution in [3.05, 3.63) is 49.0 Å². The highest BCUT2D eigenvalue weighted by Crippen LogP contribution is 2.29. The number of anilines is 1. The molecular weight excluding hydrogens is 407 g/mol. The fraction of sp³-hybridized carbons (Fsp3) is 0.267. The van der Waals surface area contributed by atoms with Crippen molar-refractivity contribution in [1.29, 1.82) is 0 Å². The number of nitrogens with zero attached hydrogens (tertiary/aromatic N) is 1. The number of para-hydroxylation sites is 1. The normalized spacial score (nSPS) is 11.0. The van der Waals surface area contributed by atoms with Gasteiger partial charge in [0.25, 0.3) is 0 Å². The van der Waals surface area contributed by atoms with Gasteiger partial charge in [0.05, 0.1) is 26.1 Å². The maximum atomic E-state index is 12.2. The molecule has 0 fully saturated rings. The molecule has 3 nitrogen and oxygen atoms in total. The Morgan fingerprint density at radius 2 is 1.95 bits per heavy atom. The summed E-state index contributed by atoms with van der Waals surface area (Å²) in [5.41, 5.74) is 0.464. The molecular formula is C15H15BrCl2N2OS. The van der Waals surface area contributed by atoms with E-state index in [-0.39, 0.29) is 12.5 Å². The van der Waals surface area contributed by atoms with Crippen LogP contribution < -0.4 is 5.32 Å². The van der Waals surface area contributed by atoms with Gasteiger partial charge < -0.3 is 5.32 Å². The first-order valence-electron chi connectivity index (χ1n) is 6.70. The highest BCUT2D eigenvalue weighted by atomic mass is 79.9. The number of benzene rings is 1. The Hall–Kier alpha value is -0.590. The van der Waals surface area contributed by atoms with Crippen LogP contribution in [-0.4, -0.2) is 23.9 Å². The molecule has 1 N–H and O–H groups in total. The van der Waals surface area contributed by atoms with E-state index in [9.17, 15) is 4.79 Å². The number of carbonyl (C=O) groups is 1. The number of rotatable bonds is 6. The third kappa shape index (κ3) is 4.96. The number of thiophene rings is 1. The van der Waals surface area contributed by atoms with Crippen molar-refractivity contribution in [2.24, 2.45) is 0 Å². The lowest BCUT2D eigenvalue weighted by atomic mass is 10.3. The predicted molar refractivity (Wildman–Crippen MR) is 98.1 cm³/mol. The van der Waals surface area contributed by atoms with Gasteiger partial charge in [0.2, 0.25) is 5.91 Å². The zero-order valence-corrected chi connectivity index (χ0v) is 15.8. The van der Waals surface area contributed by atoms with Gasteiger partial charge in [-0.05, 0) is 46.7 Å². The molecule has 0 atom stereocenters. The van der Waals surface area contributed by atoms with Crippen LogP contribution in [0.1, 0.15) is 11.8 Å². The van der Waals surface area contributed by atoms with Gasteiger partial charge in [-0.25, -0.2) is 0 Å². The van der Waals surface area contributed by atoms with Gasteiger partial charge in [0.1, 0.15) is 0 Å². The number of nitrogens with one attached hydrogen (secondary N) is 1. The van der Waals surface area contributed by atoms with Crippen LogP contribution in [0.25, 0.3) is 0 Å². The molecule has 1 aromatic heterocycles. The number of hydrogen-bond acceptors (Lipinski definition) is 3. The molecule has 0 bridgehead atoms. The van der Waals surface area contributed by atoms with E-state index in [1.165, 1.54) is 4.88 Å². The smallest absolute Gasteiger partial charge is 0.238 e. The SMILES string of the molecule is CCN(CC(=O)Nc1c(Cl)cccc1Cl)Cc1ccc(Br)s1. The second-order valence-electron chi connectivity index (χ2n) is 4.65. The van der Waals surface area contributed by atoms with Gasteiger partial charge in [-0.2, -0.15) is 0 Å². The van der Waals surface area contributed by atoms with Crippen LogP contribution in [0.15, 0.2) is 34.1 Å². The molecule has 2 aromatic rings. The van der Waals surface area contributed by atoms with E-state index in [1.807, 2.05) is 13.0 Å². The molecule has 1 aromatic carbocycles. The molecule has 0 spiro atoms. The summed E-state index contributed by atoms with van der Waals surface area (Å²) in [7, 11) is 0. The molecule has 0 unspecified atom stereocenters. The van der Waals surface area contributed by atoms with Crippen molar-refractivity contribution in [3.63, 3.8) is 0 Å². The number of hydrogen-bond donors (Lipinski definition) is 1. The minimum atomic E-state index is -0.132. The molecule has 0 radical (unpaired) electrons. The lowest BCUT2D eigenvalue weighted by Gasteiger charge is -2.19. The Kier molecular flexibility index (Phi) is 6.71. The second-order valence-corrected chi connectivity index (χ2v) is 8.02. The Labute approximate surface area is 152 Å². The first-order chi connectivity index (χ1) is 10.5. The van der Waals surface area contributed by atoms with Crippen LogP contribution in [0.3, 0.4) is 0 Å². The van der Waals surface area contributed by atoms with Crippen molar-refractivity contribution in [2.45, 2.75) is 13.5 Å². The molecule has 0 saturated carbocycles. The Balaban J connectivity index is 1.97. The van der Waals surface area contributed by atoms with Crippen molar-refractivity contribution in [3.8, 4) is 0 Å². The van der Waals surface area contributed by atoms with Gasteiger partial charge in [-0.15, -0.1) is 11.3 Å². The molecule has 22 heavy (non-hydrogen) atoms. The lowest BCUT2D eigenvalue weighted by Crippen LogP contribution is -2.32. The largest absolute Gasteiger partial charge is 0.322 e. The Morgan fingerprint density at radius 1 is 1.27 bits per heavy atom. The van der Waals surface area contributed by atoms with Crippen molar-refractivity contribution < 1.29 is 4.79 Å². The summed E-state index contributed by atoms with van der Waals surface area (Å²) in [6.45, 7) is 3.82. The summed E-state index contributed by atoms with van der Waals surface area (Å²) in [6, 6.07) is 9.21. The average molecular weight is 422 g/mol. The van der Waals surface area contributed by atoms with Gasteiger partial charge in [0, 0.05) is 11.4 Å². The van der Waals surface area contributed by atoms with Crippen LogP contribution in [0.5, 0.6) is 0 Å². The third-order valence-corrected chi connectivity index (χ3v) is 5.29. The minimum absolute atomic E-state index is 0.132. The summed E-state index contributed by atoms with van der Waals surface area (Å²) in [5.74, 6) is -0.132. The molecule has 0 aliphatic heterocycles. The lowest BCUT2D eigenvalue weighted by molar-refractivity contribution is -0.117. The van der Waals surface area contributed by atoms with Crippen molar-refractivity contribution in [2.75, 3.05) is 18.4 Å². The van der Waals surface area contributed by atoms with E-state index in [0.29, 0.717) is 15.7 Å². The molecule has 0 aliphatic carbocycles. The fourth-order valence-corrected chi connectivity index (χ4v) is 3.95. The van der Waals surface area contributed by atoms with E-state index in [2.05, 4.69) is 32.2 Å². The van der Waals surface area contributed by atoms with Gasteiger partial charge >= 0.3 is 0 Å². The Bertz CT molecular complexity index is 642. The molecule has 0 aliphatic rings. The maximum Gasteiger partial charge on any atom is 0.238 e. The molecule has 118 valence electrons. The number of carbonyl (C=O) groups excluding carboxylic acids is 1. The van der Waals surface area contributed by atoms with Gasteiger partial charge in [-0.3, -0.25) is 9.69 Å². The van der Waals surface area contributed by atoms with Crippen molar-refractivity contribution >= 4 is 62.1 Å². The standard InChI is InChI=1S/C15H15BrCl2N2OS/c1-2-20(8-10-6-7-13(16)22-10)9-14(21)19-15-11(17)4-3-5-12(15)18/h3-7H,2,8-9H2,1H3,(H,19,21). The van der Waals surface area contributed by atoms with Crippen LogP contribution >= 0.6 is 50.5 Å². The molecule has 7 heteroatoms. The first kappa shape index (κ1) is 17.8. The topological polar surface area (TPSA) is 32.3 Å². The average Bonchev–Trinajstić information content (AvgIpc) is 2.87. The van der Waals surface area contributed by atoms with Gasteiger partial charge in [-0.1, -0.05) is 36.2 Å². The van der Waals surface area contributed by atoms with Crippen LogP contribution in [0.4, 0.5) is 5.69 Å². The van der Waals surface area contributed by atoms with E-state index in [1.54, 1.807) is 29.5 Å². The summed E-state index contributed by atoms with van der Waals surface area (Å²) in [4.78, 5) is 15.5. The number of likely N-dealkylation sites (N-methyl/N-ethyl adjacent to an activating group) is 1. The van der Waals surface area contributed by atoms with Crippen LogP contribution in [0, 0.1) is 0 Å². The first-order valence-corrected chi connectivity index (χ1v) is 9.06. The molecule has 0 saturated heterocycles. The summed E-state index contributed by atoms with van der Waals surface area (Å²) >= 11 is 17.2. The van der Waals surface area contributed by atoms with E-state index in [4.69, 9.17) is 23.2 Å². The van der Waals surface area contributed by atoms with E-state index >= 15 is 0 Å². The highest BCUT2D eigenvalue weighted by molar-refractivity contribution is 9.11. The maximum absolute atomic E-state index is 12.2.